The first-order valence-corrected chi connectivity index (χ1v) is 12.9. The Balaban J connectivity index is 1.54. The molecule has 14 radical (unpaired) electrons. The van der Waals surface area contributed by atoms with Crippen molar-refractivity contribution in [2.45, 2.75) is 54.1 Å². The summed E-state index contributed by atoms with van der Waals surface area (Å²) in [5.41, 5.74) is -1.45. The second kappa shape index (κ2) is 9.83. The van der Waals surface area contributed by atoms with Gasteiger partial charge in [0.15, 0.2) is 5.78 Å². The number of piperazine rings is 1. The van der Waals surface area contributed by atoms with E-state index in [4.69, 9.17) is 54.9 Å². The van der Waals surface area contributed by atoms with Crippen molar-refractivity contribution in [3.05, 3.63) is 46.0 Å². The van der Waals surface area contributed by atoms with Crippen LogP contribution in [0.4, 0.5) is 17.5 Å². The van der Waals surface area contributed by atoms with Crippen molar-refractivity contribution in [3.63, 3.8) is 0 Å². The number of pyridine rings is 2. The van der Waals surface area contributed by atoms with Crippen LogP contribution < -0.4 is 21.1 Å². The molecule has 3 aromatic rings. The standard InChI is InChI=1S/C24H22B7N7O3/c1-11-15-8-34-20(35-16-4-3-13(7-33-16)38-23(28,29)9-32-10-24(38,30)31)36-18(15)37(19(40)17(11)12(2)39)14-5-21(25,26)22(27,41)6-14/h3-4,7-8,14,32,41H,5-6,9-10H2,1-2H3,(H,33,34,35,36). The molecule has 2 aliphatic rings. The second-order valence-electron chi connectivity index (χ2n) is 11.1. The average molecular weight is 532 g/mol. The number of carbonyl (C=O) groups excluding carboxylic acids is 1. The minimum Gasteiger partial charge on any atom is -0.401 e. The summed E-state index contributed by atoms with van der Waals surface area (Å²) in [6.45, 7) is 3.44. The molecule has 1 aliphatic heterocycles. The summed E-state index contributed by atoms with van der Waals surface area (Å²) >= 11 is 0. The first-order chi connectivity index (χ1) is 18.9. The summed E-state index contributed by atoms with van der Waals surface area (Å²) in [7, 11) is 43.0. The largest absolute Gasteiger partial charge is 0.401 e. The van der Waals surface area contributed by atoms with E-state index >= 15 is 0 Å². The van der Waals surface area contributed by atoms with Crippen LogP contribution in [0.2, 0.25) is 5.21 Å². The van der Waals surface area contributed by atoms with Crippen LogP contribution >= 0.6 is 0 Å². The fourth-order valence-corrected chi connectivity index (χ4v) is 5.71. The monoisotopic (exact) mass is 533 g/mol. The van der Waals surface area contributed by atoms with Gasteiger partial charge in [0.2, 0.25) is 5.95 Å². The maximum absolute atomic E-state index is 13.6. The molecular weight excluding hydrogens is 510 g/mol. The third-order valence-corrected chi connectivity index (χ3v) is 7.75. The summed E-state index contributed by atoms with van der Waals surface area (Å²) in [5.74, 6) is 0.0355. The number of ketones is 1. The number of nitrogens with one attached hydrogen (secondary N) is 2. The molecule has 192 valence electrons. The van der Waals surface area contributed by atoms with Gasteiger partial charge in [-0.3, -0.25) is 14.2 Å². The Kier molecular flexibility index (Phi) is 7.09. The molecule has 17 heteroatoms. The fourth-order valence-electron chi connectivity index (χ4n) is 5.71. The zero-order chi connectivity index (χ0) is 30.1. The van der Waals surface area contributed by atoms with Gasteiger partial charge >= 0.3 is 0 Å². The van der Waals surface area contributed by atoms with Crippen molar-refractivity contribution in [2.24, 2.45) is 0 Å². The first-order valence-electron chi connectivity index (χ1n) is 12.9. The molecule has 1 saturated carbocycles. The van der Waals surface area contributed by atoms with Crippen molar-refractivity contribution in [1.82, 2.24) is 24.8 Å². The summed E-state index contributed by atoms with van der Waals surface area (Å²) in [6.07, 6.45) is 2.82. The number of anilines is 3. The van der Waals surface area contributed by atoms with Gasteiger partial charge in [-0.05, 0) is 55.1 Å². The zero-order valence-electron chi connectivity index (χ0n) is 22.8. The highest BCUT2D eigenvalue weighted by atomic mass is 16.3. The van der Waals surface area contributed by atoms with Gasteiger partial charge in [0, 0.05) is 36.2 Å². The Morgan fingerprint density at radius 1 is 1.05 bits per heavy atom. The summed E-state index contributed by atoms with van der Waals surface area (Å²) in [5, 5.41) is 12.7. The number of fused-ring (bicyclic) bond motifs is 1. The highest BCUT2D eigenvalue weighted by molar-refractivity contribution is 6.48. The summed E-state index contributed by atoms with van der Waals surface area (Å²) in [6, 6.07) is 2.58. The predicted octanol–water partition coefficient (Wildman–Crippen LogP) is -1.52. The van der Waals surface area contributed by atoms with Crippen molar-refractivity contribution in [1.29, 1.82) is 0 Å². The lowest BCUT2D eigenvalue weighted by Gasteiger charge is -2.56. The van der Waals surface area contributed by atoms with Crippen LogP contribution in [0.1, 0.15) is 41.7 Å². The molecule has 0 amide bonds. The minimum atomic E-state index is -1.95. The molecule has 4 heterocycles. The number of aromatic nitrogens is 4. The van der Waals surface area contributed by atoms with E-state index in [2.05, 4.69) is 25.6 Å². The molecule has 0 aromatic carbocycles. The second-order valence-corrected chi connectivity index (χ2v) is 11.1. The molecule has 41 heavy (non-hydrogen) atoms. The number of hydrogen-bond donors (Lipinski definition) is 3. The van der Waals surface area contributed by atoms with Crippen molar-refractivity contribution < 1.29 is 9.90 Å². The minimum absolute atomic E-state index is 0.0224. The Hall–Kier alpha value is -2.92. The van der Waals surface area contributed by atoms with Crippen LogP contribution in [0.5, 0.6) is 0 Å². The lowest BCUT2D eigenvalue weighted by atomic mass is 9.43. The van der Waals surface area contributed by atoms with Gasteiger partial charge in [0.05, 0.1) is 64.5 Å². The van der Waals surface area contributed by atoms with Crippen LogP contribution in [0.15, 0.2) is 29.3 Å². The smallest absolute Gasteiger partial charge is 0.263 e. The third-order valence-electron chi connectivity index (χ3n) is 7.75. The van der Waals surface area contributed by atoms with Gasteiger partial charge in [-0.1, -0.05) is 5.21 Å². The van der Waals surface area contributed by atoms with E-state index in [0.29, 0.717) is 22.5 Å². The Morgan fingerprint density at radius 3 is 2.24 bits per heavy atom. The number of hydrogen-bond acceptors (Lipinski definition) is 9. The van der Waals surface area contributed by atoms with E-state index in [-0.39, 0.29) is 43.1 Å². The summed E-state index contributed by atoms with van der Waals surface area (Å²) < 4.78 is 1.30. The number of aryl methyl sites for hydroxylation is 1. The van der Waals surface area contributed by atoms with Crippen molar-refractivity contribution in [3.8, 4) is 0 Å². The lowest BCUT2D eigenvalue weighted by Crippen LogP contribution is -2.74. The first kappa shape index (κ1) is 29.6. The van der Waals surface area contributed by atoms with Crippen LogP contribution in [0, 0.1) is 6.92 Å². The molecule has 3 N–H and O–H groups in total. The Labute approximate surface area is 247 Å². The fraction of sp³-hybridized carbons (Fsp3) is 0.458. The number of rotatable bonds is 5. The van der Waals surface area contributed by atoms with Crippen LogP contribution in [-0.4, -0.2) is 115 Å². The van der Waals surface area contributed by atoms with Crippen molar-refractivity contribution in [2.75, 3.05) is 23.3 Å². The summed E-state index contributed by atoms with van der Waals surface area (Å²) in [4.78, 5) is 40.9. The molecule has 1 aliphatic carbocycles. The zero-order valence-corrected chi connectivity index (χ0v) is 22.8. The number of carbonyl (C=O) groups is 1. The highest BCUT2D eigenvalue weighted by Crippen LogP contribution is 2.51. The van der Waals surface area contributed by atoms with Crippen LogP contribution in [-0.2, 0) is 0 Å². The highest BCUT2D eigenvalue weighted by Gasteiger charge is 2.48. The molecule has 5 rings (SSSR count). The molecule has 10 nitrogen and oxygen atoms in total. The average Bonchev–Trinajstić information content (AvgIpc) is 3.05. The van der Waals surface area contributed by atoms with Gasteiger partial charge in [-0.2, -0.15) is 4.98 Å². The SMILES string of the molecule is [B]C1([B])CNCC([B])([B])N1c1ccc(Nc2ncc3c(C)c(C(C)=O)c(=O)n(C4CC([B])([B])C([B])(O)C4)c3n2)nc1. The van der Waals surface area contributed by atoms with E-state index in [1.807, 2.05) is 0 Å². The molecule has 0 spiro atoms. The quantitative estimate of drug-likeness (QED) is 0.266. The number of aliphatic hydroxyl groups is 1. The predicted molar refractivity (Wildman–Crippen MR) is 163 cm³/mol. The van der Waals surface area contributed by atoms with Crippen LogP contribution in [0.25, 0.3) is 11.0 Å². The van der Waals surface area contributed by atoms with E-state index in [1.54, 1.807) is 19.1 Å². The normalized spacial score (nSPS) is 24.8. The Morgan fingerprint density at radius 2 is 1.71 bits per heavy atom. The number of nitrogens with zero attached hydrogens (tertiary/aromatic N) is 5. The van der Waals surface area contributed by atoms with Crippen molar-refractivity contribution >= 4 is 89.2 Å². The lowest BCUT2D eigenvalue weighted by molar-refractivity contribution is 0.101. The molecule has 2 unspecified atom stereocenters. The van der Waals surface area contributed by atoms with E-state index in [1.165, 1.54) is 28.8 Å². The Bertz CT molecular complexity index is 1560. The molecule has 2 atom stereocenters. The van der Waals surface area contributed by atoms with Gasteiger partial charge in [-0.25, -0.2) is 9.97 Å². The third kappa shape index (κ3) is 5.05. The van der Waals surface area contributed by atoms with Gasteiger partial charge in [0.1, 0.15) is 19.3 Å². The van der Waals surface area contributed by atoms with Gasteiger partial charge in [-0.15, -0.1) is 0 Å². The maximum atomic E-state index is 13.6. The van der Waals surface area contributed by atoms with E-state index in [9.17, 15) is 14.7 Å². The molecular formula is C24H22B7N7O3. The van der Waals surface area contributed by atoms with Gasteiger partial charge < -0.3 is 20.6 Å². The molecule has 2 fully saturated rings. The molecule has 1 saturated heterocycles. The molecule has 3 aromatic heterocycles. The maximum Gasteiger partial charge on any atom is 0.263 e. The van der Waals surface area contributed by atoms with Gasteiger partial charge in [0.25, 0.3) is 5.56 Å². The number of Topliss-reactive ketones (excluding diaryl/α,β-unsaturated/α-hetero) is 1. The topological polar surface area (TPSA) is 125 Å². The van der Waals surface area contributed by atoms with Crippen LogP contribution in [0.3, 0.4) is 0 Å². The molecule has 0 bridgehead atoms. The van der Waals surface area contributed by atoms with E-state index in [0.717, 1.165) is 0 Å². The van der Waals surface area contributed by atoms with E-state index < -0.39 is 38.8 Å².